The van der Waals surface area contributed by atoms with Gasteiger partial charge in [-0.15, -0.1) is 16.8 Å². The third-order valence-corrected chi connectivity index (χ3v) is 5.69. The summed E-state index contributed by atoms with van der Waals surface area (Å²) in [6, 6.07) is 10.5. The van der Waals surface area contributed by atoms with E-state index in [0.29, 0.717) is 44.8 Å². The number of rotatable bonds is 9. The molecule has 31 heavy (non-hydrogen) atoms. The number of amides is 1. The SMILES string of the molecule is C=CCn1c(SCC(=O)Nc2cc(OC)c(Cl)cc2OC)nnc1-c1cccc(Cl)c1. The summed E-state index contributed by atoms with van der Waals surface area (Å²) in [6.45, 7) is 4.28. The van der Waals surface area contributed by atoms with Crippen LogP contribution in [-0.4, -0.2) is 40.6 Å². The number of ether oxygens (including phenoxy) is 2. The van der Waals surface area contributed by atoms with Crippen molar-refractivity contribution >= 4 is 46.6 Å². The molecule has 1 heterocycles. The summed E-state index contributed by atoms with van der Waals surface area (Å²) in [5, 5.41) is 12.9. The molecule has 3 aromatic rings. The Morgan fingerprint density at radius 1 is 1.19 bits per heavy atom. The lowest BCUT2D eigenvalue weighted by Crippen LogP contribution is -2.15. The molecule has 162 valence electrons. The van der Waals surface area contributed by atoms with Crippen LogP contribution in [0, 0.1) is 0 Å². The normalized spacial score (nSPS) is 10.6. The van der Waals surface area contributed by atoms with Gasteiger partial charge < -0.3 is 14.8 Å². The fraction of sp³-hybridized carbons (Fsp3) is 0.190. The van der Waals surface area contributed by atoms with Crippen molar-refractivity contribution in [1.82, 2.24) is 14.8 Å². The van der Waals surface area contributed by atoms with Crippen molar-refractivity contribution in [2.24, 2.45) is 0 Å². The molecule has 0 unspecified atom stereocenters. The Morgan fingerprint density at radius 3 is 2.65 bits per heavy atom. The molecule has 0 spiro atoms. The average Bonchev–Trinajstić information content (AvgIpc) is 3.16. The van der Waals surface area contributed by atoms with E-state index in [4.69, 9.17) is 32.7 Å². The van der Waals surface area contributed by atoms with Crippen LogP contribution in [-0.2, 0) is 11.3 Å². The third kappa shape index (κ3) is 5.52. The molecule has 3 rings (SSSR count). The summed E-state index contributed by atoms with van der Waals surface area (Å²) in [6.07, 6.45) is 1.74. The maximum atomic E-state index is 12.6. The number of nitrogens with one attached hydrogen (secondary N) is 1. The average molecular weight is 479 g/mol. The number of halogens is 2. The zero-order chi connectivity index (χ0) is 22.4. The molecule has 0 atom stereocenters. The van der Waals surface area contributed by atoms with Gasteiger partial charge in [-0.05, 0) is 12.1 Å². The number of nitrogens with zero attached hydrogens (tertiary/aromatic N) is 3. The van der Waals surface area contributed by atoms with Gasteiger partial charge in [-0.25, -0.2) is 0 Å². The lowest BCUT2D eigenvalue weighted by atomic mass is 10.2. The number of benzene rings is 2. The molecule has 0 saturated heterocycles. The number of thioether (sulfide) groups is 1. The zero-order valence-electron chi connectivity index (χ0n) is 16.9. The minimum absolute atomic E-state index is 0.110. The first-order chi connectivity index (χ1) is 15.0. The second kappa shape index (κ2) is 10.6. The van der Waals surface area contributed by atoms with Crippen LogP contribution >= 0.6 is 35.0 Å². The Morgan fingerprint density at radius 2 is 1.97 bits per heavy atom. The van der Waals surface area contributed by atoms with Crippen LogP contribution in [0.5, 0.6) is 11.5 Å². The summed E-state index contributed by atoms with van der Waals surface area (Å²) in [5.74, 6) is 1.38. The van der Waals surface area contributed by atoms with E-state index >= 15 is 0 Å². The van der Waals surface area contributed by atoms with Crippen molar-refractivity contribution in [3.63, 3.8) is 0 Å². The van der Waals surface area contributed by atoms with Gasteiger partial charge in [0, 0.05) is 29.3 Å². The molecule has 10 heteroatoms. The van der Waals surface area contributed by atoms with E-state index in [0.717, 1.165) is 5.56 Å². The van der Waals surface area contributed by atoms with E-state index in [9.17, 15) is 4.79 Å². The van der Waals surface area contributed by atoms with Gasteiger partial charge in [0.05, 0.1) is 30.7 Å². The Bertz CT molecular complexity index is 1100. The van der Waals surface area contributed by atoms with Gasteiger partial charge in [0.25, 0.3) is 0 Å². The van der Waals surface area contributed by atoms with Crippen LogP contribution in [0.1, 0.15) is 0 Å². The van der Waals surface area contributed by atoms with Crippen LogP contribution in [0.15, 0.2) is 54.2 Å². The Balaban J connectivity index is 1.76. The third-order valence-electron chi connectivity index (χ3n) is 4.19. The van der Waals surface area contributed by atoms with E-state index in [1.54, 1.807) is 24.3 Å². The Hall–Kier alpha value is -2.68. The van der Waals surface area contributed by atoms with E-state index in [1.807, 2.05) is 22.8 Å². The highest BCUT2D eigenvalue weighted by Crippen LogP contribution is 2.36. The number of allylic oxidation sites excluding steroid dienone is 1. The van der Waals surface area contributed by atoms with Crippen LogP contribution in [0.4, 0.5) is 5.69 Å². The largest absolute Gasteiger partial charge is 0.495 e. The molecular weight excluding hydrogens is 459 g/mol. The minimum atomic E-state index is -0.245. The maximum Gasteiger partial charge on any atom is 0.234 e. The van der Waals surface area contributed by atoms with E-state index in [1.165, 1.54) is 26.0 Å². The van der Waals surface area contributed by atoms with Crippen LogP contribution < -0.4 is 14.8 Å². The number of carbonyl (C=O) groups is 1. The molecule has 0 aliphatic heterocycles. The van der Waals surface area contributed by atoms with Crippen molar-refractivity contribution in [3.8, 4) is 22.9 Å². The lowest BCUT2D eigenvalue weighted by Gasteiger charge is -2.13. The first-order valence-corrected chi connectivity index (χ1v) is 10.8. The minimum Gasteiger partial charge on any atom is -0.495 e. The molecule has 0 aliphatic rings. The summed E-state index contributed by atoms with van der Waals surface area (Å²) in [4.78, 5) is 12.6. The quantitative estimate of drug-likeness (QED) is 0.336. The first-order valence-electron chi connectivity index (χ1n) is 9.11. The lowest BCUT2D eigenvalue weighted by molar-refractivity contribution is -0.113. The fourth-order valence-corrected chi connectivity index (χ4v) is 3.97. The van der Waals surface area contributed by atoms with Crippen molar-refractivity contribution in [1.29, 1.82) is 0 Å². The topological polar surface area (TPSA) is 78.3 Å². The van der Waals surface area contributed by atoms with E-state index in [2.05, 4.69) is 22.1 Å². The summed E-state index contributed by atoms with van der Waals surface area (Å²) in [5.41, 5.74) is 1.29. The summed E-state index contributed by atoms with van der Waals surface area (Å²) in [7, 11) is 3.00. The molecule has 0 fully saturated rings. The second-order valence-corrected chi connectivity index (χ2v) is 8.03. The fourth-order valence-electron chi connectivity index (χ4n) is 2.80. The van der Waals surface area contributed by atoms with Crippen LogP contribution in [0.2, 0.25) is 10.0 Å². The van der Waals surface area contributed by atoms with Crippen LogP contribution in [0.25, 0.3) is 11.4 Å². The molecule has 1 amide bonds. The molecule has 1 N–H and O–H groups in total. The molecule has 0 aliphatic carbocycles. The van der Waals surface area contributed by atoms with Gasteiger partial charge in [-0.3, -0.25) is 9.36 Å². The van der Waals surface area contributed by atoms with Crippen molar-refractivity contribution in [2.45, 2.75) is 11.7 Å². The molecule has 2 aromatic carbocycles. The highest BCUT2D eigenvalue weighted by Gasteiger charge is 2.17. The van der Waals surface area contributed by atoms with Gasteiger partial charge in [0.1, 0.15) is 11.5 Å². The Kier molecular flexibility index (Phi) is 7.84. The molecular formula is C21H20Cl2N4O3S. The number of hydrogen-bond donors (Lipinski definition) is 1. The monoisotopic (exact) mass is 478 g/mol. The maximum absolute atomic E-state index is 12.6. The van der Waals surface area contributed by atoms with Crippen LogP contribution in [0.3, 0.4) is 0 Å². The highest BCUT2D eigenvalue weighted by atomic mass is 35.5. The standard InChI is InChI=1S/C21H20Cl2N4O3S/c1-4-8-27-20(13-6-5-7-14(22)9-13)25-26-21(27)31-12-19(28)24-16-11-17(29-2)15(23)10-18(16)30-3/h4-7,9-11H,1,8,12H2,2-3H3,(H,24,28). The highest BCUT2D eigenvalue weighted by molar-refractivity contribution is 7.99. The number of carbonyl (C=O) groups excluding carboxylic acids is 1. The molecule has 0 bridgehead atoms. The number of aromatic nitrogens is 3. The molecule has 0 radical (unpaired) electrons. The zero-order valence-corrected chi connectivity index (χ0v) is 19.2. The molecule has 7 nitrogen and oxygen atoms in total. The van der Waals surface area contributed by atoms with Crippen molar-refractivity contribution in [2.75, 3.05) is 25.3 Å². The van der Waals surface area contributed by atoms with E-state index < -0.39 is 0 Å². The second-order valence-electron chi connectivity index (χ2n) is 6.24. The van der Waals surface area contributed by atoms with Crippen molar-refractivity contribution < 1.29 is 14.3 Å². The summed E-state index contributed by atoms with van der Waals surface area (Å²) >= 11 is 13.5. The number of methoxy groups -OCH3 is 2. The smallest absolute Gasteiger partial charge is 0.234 e. The van der Waals surface area contributed by atoms with Gasteiger partial charge >= 0.3 is 0 Å². The molecule has 1 aromatic heterocycles. The predicted molar refractivity (Wildman–Crippen MR) is 125 cm³/mol. The predicted octanol–water partition coefficient (Wildman–Crippen LogP) is 5.19. The summed E-state index contributed by atoms with van der Waals surface area (Å²) < 4.78 is 12.4. The molecule has 0 saturated carbocycles. The van der Waals surface area contributed by atoms with Gasteiger partial charge in [-0.2, -0.15) is 0 Å². The first kappa shape index (κ1) is 23.0. The Labute approximate surface area is 194 Å². The van der Waals surface area contributed by atoms with Gasteiger partial charge in [-0.1, -0.05) is 53.2 Å². The van der Waals surface area contributed by atoms with Gasteiger partial charge in [0.15, 0.2) is 11.0 Å². The number of anilines is 1. The van der Waals surface area contributed by atoms with Gasteiger partial charge in [0.2, 0.25) is 5.91 Å². The number of hydrogen-bond acceptors (Lipinski definition) is 6. The van der Waals surface area contributed by atoms with E-state index in [-0.39, 0.29) is 11.7 Å². The van der Waals surface area contributed by atoms with Crippen molar-refractivity contribution in [3.05, 3.63) is 59.1 Å².